The minimum atomic E-state index is -0.224. The van der Waals surface area contributed by atoms with Crippen LogP contribution in [0.4, 0.5) is 16.0 Å². The summed E-state index contributed by atoms with van der Waals surface area (Å²) in [7, 11) is 0. The Morgan fingerprint density at radius 3 is 2.82 bits per heavy atom. The van der Waals surface area contributed by atoms with Gasteiger partial charge in [-0.25, -0.2) is 14.4 Å². The number of hydrogen-bond donors (Lipinski definition) is 1. The number of amides is 1. The molecule has 1 aliphatic rings. The molecule has 0 saturated carbocycles. The molecule has 142 valence electrons. The summed E-state index contributed by atoms with van der Waals surface area (Å²) in [5, 5.41) is 3.08. The van der Waals surface area contributed by atoms with E-state index < -0.39 is 0 Å². The van der Waals surface area contributed by atoms with Gasteiger partial charge in [0.25, 0.3) is 5.91 Å². The fraction of sp³-hybridized carbons (Fsp3) is 0.227. The van der Waals surface area contributed by atoms with E-state index in [1.54, 1.807) is 29.3 Å². The Kier molecular flexibility index (Phi) is 5.28. The summed E-state index contributed by atoms with van der Waals surface area (Å²) in [4.78, 5) is 23.3. The molecule has 0 bridgehead atoms. The van der Waals surface area contributed by atoms with Crippen molar-refractivity contribution in [2.75, 3.05) is 23.3 Å². The van der Waals surface area contributed by atoms with E-state index in [1.807, 2.05) is 24.3 Å². The van der Waals surface area contributed by atoms with Crippen molar-refractivity contribution < 1.29 is 9.18 Å². The van der Waals surface area contributed by atoms with Crippen molar-refractivity contribution in [3.63, 3.8) is 0 Å². The van der Waals surface area contributed by atoms with Crippen LogP contribution in [-0.4, -0.2) is 29.0 Å². The lowest BCUT2D eigenvalue weighted by atomic mass is 10.0. The summed E-state index contributed by atoms with van der Waals surface area (Å²) in [6, 6.07) is 16.3. The molecule has 6 heteroatoms. The molecule has 0 radical (unpaired) electrons. The highest BCUT2D eigenvalue weighted by atomic mass is 19.1. The van der Waals surface area contributed by atoms with Crippen LogP contribution >= 0.6 is 0 Å². The van der Waals surface area contributed by atoms with E-state index in [1.165, 1.54) is 11.6 Å². The predicted molar refractivity (Wildman–Crippen MR) is 107 cm³/mol. The van der Waals surface area contributed by atoms with E-state index in [9.17, 15) is 9.18 Å². The second-order valence-corrected chi connectivity index (χ2v) is 6.72. The summed E-state index contributed by atoms with van der Waals surface area (Å²) in [5.74, 6) is 0.0112. The van der Waals surface area contributed by atoms with Gasteiger partial charge >= 0.3 is 0 Å². The number of rotatable bonds is 5. The molecule has 2 heterocycles. The van der Waals surface area contributed by atoms with E-state index in [2.05, 4.69) is 21.4 Å². The van der Waals surface area contributed by atoms with Gasteiger partial charge < -0.3 is 10.2 Å². The summed E-state index contributed by atoms with van der Waals surface area (Å²) in [6.45, 7) is 1.15. The van der Waals surface area contributed by atoms with Gasteiger partial charge in [0.2, 0.25) is 5.95 Å². The third-order valence-electron chi connectivity index (χ3n) is 4.87. The SMILES string of the molecule is O=C(c1ccnc(NCCc2ccccc2F)n1)N1CCCc2ccccc21. The minimum Gasteiger partial charge on any atom is -0.354 e. The van der Waals surface area contributed by atoms with Crippen molar-refractivity contribution in [1.29, 1.82) is 0 Å². The lowest BCUT2D eigenvalue weighted by Crippen LogP contribution is -2.36. The van der Waals surface area contributed by atoms with E-state index in [4.69, 9.17) is 0 Å². The maximum atomic E-state index is 13.7. The summed E-state index contributed by atoms with van der Waals surface area (Å²) in [6.07, 6.45) is 3.99. The number of carbonyl (C=O) groups excluding carboxylic acids is 1. The quantitative estimate of drug-likeness (QED) is 0.735. The van der Waals surface area contributed by atoms with Crippen molar-refractivity contribution in [1.82, 2.24) is 9.97 Å². The molecule has 0 atom stereocenters. The Morgan fingerprint density at radius 2 is 1.93 bits per heavy atom. The molecule has 1 amide bonds. The normalized spacial score (nSPS) is 13.1. The highest BCUT2D eigenvalue weighted by Gasteiger charge is 2.24. The van der Waals surface area contributed by atoms with Crippen molar-refractivity contribution >= 4 is 17.5 Å². The fourth-order valence-corrected chi connectivity index (χ4v) is 3.46. The van der Waals surface area contributed by atoms with E-state index in [0.29, 0.717) is 36.7 Å². The van der Waals surface area contributed by atoms with Gasteiger partial charge in [-0.2, -0.15) is 0 Å². The molecule has 28 heavy (non-hydrogen) atoms. The van der Waals surface area contributed by atoms with E-state index in [0.717, 1.165) is 18.5 Å². The molecule has 2 aromatic carbocycles. The summed E-state index contributed by atoms with van der Waals surface area (Å²) < 4.78 is 13.7. The molecule has 0 saturated heterocycles. The van der Waals surface area contributed by atoms with Crippen LogP contribution in [0.1, 0.15) is 28.0 Å². The van der Waals surface area contributed by atoms with Crippen LogP contribution in [-0.2, 0) is 12.8 Å². The van der Waals surface area contributed by atoms with Crippen LogP contribution in [0.25, 0.3) is 0 Å². The number of para-hydroxylation sites is 1. The van der Waals surface area contributed by atoms with Gasteiger partial charge in [-0.15, -0.1) is 0 Å². The minimum absolute atomic E-state index is 0.133. The zero-order chi connectivity index (χ0) is 19.3. The summed E-state index contributed by atoms with van der Waals surface area (Å²) in [5.41, 5.74) is 3.11. The number of nitrogens with zero attached hydrogens (tertiary/aromatic N) is 3. The molecular formula is C22H21FN4O. The zero-order valence-electron chi connectivity index (χ0n) is 15.4. The number of fused-ring (bicyclic) bond motifs is 1. The second-order valence-electron chi connectivity index (χ2n) is 6.72. The van der Waals surface area contributed by atoms with Gasteiger partial charge in [0, 0.05) is 25.0 Å². The third-order valence-corrected chi connectivity index (χ3v) is 4.87. The van der Waals surface area contributed by atoms with Gasteiger partial charge in [0.05, 0.1) is 0 Å². The van der Waals surface area contributed by atoms with Gasteiger partial charge in [0.15, 0.2) is 0 Å². The maximum Gasteiger partial charge on any atom is 0.277 e. The number of nitrogens with one attached hydrogen (secondary N) is 1. The topological polar surface area (TPSA) is 58.1 Å². The van der Waals surface area contributed by atoms with Crippen LogP contribution in [0.3, 0.4) is 0 Å². The van der Waals surface area contributed by atoms with Crippen LogP contribution in [0, 0.1) is 5.82 Å². The Hall–Kier alpha value is -3.28. The Morgan fingerprint density at radius 1 is 1.11 bits per heavy atom. The molecule has 0 unspecified atom stereocenters. The highest BCUT2D eigenvalue weighted by Crippen LogP contribution is 2.27. The fourth-order valence-electron chi connectivity index (χ4n) is 3.46. The molecular weight excluding hydrogens is 355 g/mol. The first-order chi connectivity index (χ1) is 13.7. The van der Waals surface area contributed by atoms with Crippen molar-refractivity contribution in [2.45, 2.75) is 19.3 Å². The lowest BCUT2D eigenvalue weighted by Gasteiger charge is -2.29. The molecule has 0 aliphatic carbocycles. The number of benzene rings is 2. The van der Waals surface area contributed by atoms with Crippen LogP contribution < -0.4 is 10.2 Å². The number of carbonyl (C=O) groups is 1. The number of aromatic nitrogens is 2. The average Bonchev–Trinajstić information content (AvgIpc) is 2.74. The number of anilines is 2. The first kappa shape index (κ1) is 18.1. The van der Waals surface area contributed by atoms with Gasteiger partial charge in [-0.05, 0) is 48.6 Å². The van der Waals surface area contributed by atoms with Crippen LogP contribution in [0.5, 0.6) is 0 Å². The Labute approximate surface area is 163 Å². The van der Waals surface area contributed by atoms with Crippen LogP contribution in [0.2, 0.25) is 0 Å². The van der Waals surface area contributed by atoms with E-state index in [-0.39, 0.29) is 11.7 Å². The first-order valence-corrected chi connectivity index (χ1v) is 9.42. The molecule has 1 aromatic heterocycles. The molecule has 0 spiro atoms. The van der Waals surface area contributed by atoms with Gasteiger partial charge in [-0.1, -0.05) is 36.4 Å². The molecule has 0 fully saturated rings. The predicted octanol–water partition coefficient (Wildman–Crippen LogP) is 3.86. The maximum absolute atomic E-state index is 13.7. The molecule has 1 N–H and O–H groups in total. The number of halogens is 1. The van der Waals surface area contributed by atoms with Crippen molar-refractivity contribution in [3.05, 3.63) is 83.4 Å². The van der Waals surface area contributed by atoms with Crippen molar-refractivity contribution in [2.24, 2.45) is 0 Å². The zero-order valence-corrected chi connectivity index (χ0v) is 15.4. The number of hydrogen-bond acceptors (Lipinski definition) is 4. The number of aryl methyl sites for hydroxylation is 1. The molecule has 5 nitrogen and oxygen atoms in total. The Balaban J connectivity index is 1.45. The third kappa shape index (κ3) is 3.86. The second kappa shape index (κ2) is 8.17. The monoisotopic (exact) mass is 376 g/mol. The largest absolute Gasteiger partial charge is 0.354 e. The standard InChI is InChI=1S/C22H21FN4O/c23-18-9-3-1-6-16(18)11-13-24-22-25-14-12-19(26-22)21(28)27-15-5-8-17-7-2-4-10-20(17)27/h1-4,6-7,9-10,12,14H,5,8,11,13,15H2,(H,24,25,26). The average molecular weight is 376 g/mol. The van der Waals surface area contributed by atoms with Crippen molar-refractivity contribution in [3.8, 4) is 0 Å². The smallest absolute Gasteiger partial charge is 0.277 e. The van der Waals surface area contributed by atoms with Gasteiger partial charge in [-0.3, -0.25) is 4.79 Å². The highest BCUT2D eigenvalue weighted by molar-refractivity contribution is 6.05. The first-order valence-electron chi connectivity index (χ1n) is 9.42. The van der Waals surface area contributed by atoms with Gasteiger partial charge in [0.1, 0.15) is 11.5 Å². The Bertz CT molecular complexity index is 992. The molecule has 3 aromatic rings. The summed E-state index contributed by atoms with van der Waals surface area (Å²) >= 11 is 0. The lowest BCUT2D eigenvalue weighted by molar-refractivity contribution is 0.0980. The molecule has 4 rings (SSSR count). The molecule has 1 aliphatic heterocycles. The van der Waals surface area contributed by atoms with Crippen LogP contribution in [0.15, 0.2) is 60.8 Å². The van der Waals surface area contributed by atoms with E-state index >= 15 is 0 Å².